The zero-order valence-corrected chi connectivity index (χ0v) is 14.2. The van der Waals surface area contributed by atoms with Crippen LogP contribution in [0.25, 0.3) is 6.08 Å². The van der Waals surface area contributed by atoms with Crippen molar-refractivity contribution in [1.82, 2.24) is 4.90 Å². The largest absolute Gasteiger partial charge is 0.402 e. The Balaban J connectivity index is 1.65. The van der Waals surface area contributed by atoms with E-state index in [-0.39, 0.29) is 11.5 Å². The van der Waals surface area contributed by atoms with Crippen LogP contribution in [0.5, 0.6) is 0 Å². The summed E-state index contributed by atoms with van der Waals surface area (Å²) < 4.78 is 0. The van der Waals surface area contributed by atoms with E-state index in [4.69, 9.17) is 11.5 Å². The molecule has 1 aromatic rings. The lowest BCUT2D eigenvalue weighted by Crippen LogP contribution is -2.56. The average Bonchev–Trinajstić information content (AvgIpc) is 2.91. The molecule has 1 heterocycles. The van der Waals surface area contributed by atoms with Crippen molar-refractivity contribution < 1.29 is 0 Å². The number of hydrogen-bond donors (Lipinski definition) is 2. The first-order chi connectivity index (χ1) is 11.1. The fraction of sp³-hybridized carbons (Fsp3) is 0.500. The molecular formula is C20H29N3. The summed E-state index contributed by atoms with van der Waals surface area (Å²) in [6, 6.07) is 8.82. The molecule has 0 amide bonds. The lowest BCUT2D eigenvalue weighted by Gasteiger charge is -2.44. The first kappa shape index (κ1) is 16.3. The number of nitrogens with two attached hydrogens (primary N) is 2. The summed E-state index contributed by atoms with van der Waals surface area (Å²) in [5, 5.41) is 0. The molecule has 23 heavy (non-hydrogen) atoms. The van der Waals surface area contributed by atoms with Gasteiger partial charge in [-0.2, -0.15) is 0 Å². The first-order valence-corrected chi connectivity index (χ1v) is 8.78. The van der Waals surface area contributed by atoms with Gasteiger partial charge < -0.3 is 16.4 Å². The van der Waals surface area contributed by atoms with Crippen LogP contribution in [0.4, 0.5) is 0 Å². The maximum atomic E-state index is 6.64. The van der Waals surface area contributed by atoms with Crippen LogP contribution in [-0.2, 0) is 5.41 Å². The van der Waals surface area contributed by atoms with Crippen molar-refractivity contribution in [2.45, 2.75) is 37.6 Å². The molecule has 0 bridgehead atoms. The van der Waals surface area contributed by atoms with Gasteiger partial charge in [0, 0.05) is 23.7 Å². The number of likely N-dealkylation sites (tertiary alicyclic amines) is 1. The molecule has 3 heteroatoms. The second kappa shape index (κ2) is 6.50. The van der Waals surface area contributed by atoms with Gasteiger partial charge in [-0.05, 0) is 49.4 Å². The second-order valence-electron chi connectivity index (χ2n) is 7.09. The number of fused-ring (bicyclic) bond motifs is 2. The van der Waals surface area contributed by atoms with Crippen LogP contribution in [0.3, 0.4) is 0 Å². The quantitative estimate of drug-likeness (QED) is 0.879. The van der Waals surface area contributed by atoms with Gasteiger partial charge in [-0.25, -0.2) is 0 Å². The Morgan fingerprint density at radius 3 is 2.91 bits per heavy atom. The summed E-state index contributed by atoms with van der Waals surface area (Å²) in [7, 11) is 0. The molecule has 1 fully saturated rings. The molecule has 1 aromatic carbocycles. The van der Waals surface area contributed by atoms with Crippen molar-refractivity contribution in [2.75, 3.05) is 19.6 Å². The molecular weight excluding hydrogens is 282 g/mol. The minimum Gasteiger partial charge on any atom is -0.402 e. The van der Waals surface area contributed by atoms with E-state index in [0.29, 0.717) is 5.92 Å². The van der Waals surface area contributed by atoms with E-state index in [0.717, 1.165) is 44.6 Å². The predicted octanol–water partition coefficient (Wildman–Crippen LogP) is 2.87. The predicted molar refractivity (Wildman–Crippen MR) is 97.9 cm³/mol. The molecule has 0 saturated carbocycles. The fourth-order valence-electron chi connectivity index (χ4n) is 4.19. The van der Waals surface area contributed by atoms with E-state index in [1.54, 1.807) is 0 Å². The van der Waals surface area contributed by atoms with E-state index in [1.165, 1.54) is 11.1 Å². The van der Waals surface area contributed by atoms with Gasteiger partial charge in [0.25, 0.3) is 0 Å². The van der Waals surface area contributed by atoms with Crippen molar-refractivity contribution in [3.05, 3.63) is 53.7 Å². The third-order valence-electron chi connectivity index (χ3n) is 5.79. The maximum absolute atomic E-state index is 6.64. The molecule has 3 atom stereocenters. The maximum Gasteiger partial charge on any atom is 0.0317 e. The van der Waals surface area contributed by atoms with Gasteiger partial charge in [0.1, 0.15) is 0 Å². The number of allylic oxidation sites excluding steroid dienone is 1. The van der Waals surface area contributed by atoms with Crippen LogP contribution in [0, 0.1) is 5.92 Å². The molecule has 0 radical (unpaired) electrons. The molecule has 1 aliphatic carbocycles. The van der Waals surface area contributed by atoms with Crippen molar-refractivity contribution in [3.63, 3.8) is 0 Å². The normalized spacial score (nSPS) is 28.0. The Kier molecular flexibility index (Phi) is 4.60. The van der Waals surface area contributed by atoms with Gasteiger partial charge in [-0.15, -0.1) is 0 Å². The van der Waals surface area contributed by atoms with Crippen LogP contribution < -0.4 is 11.5 Å². The van der Waals surface area contributed by atoms with E-state index in [9.17, 15) is 0 Å². The summed E-state index contributed by atoms with van der Waals surface area (Å²) in [4.78, 5) is 2.50. The lowest BCUT2D eigenvalue weighted by molar-refractivity contribution is 0.153. The Bertz CT molecular complexity index is 607. The second-order valence-corrected chi connectivity index (χ2v) is 7.09. The molecule has 4 N–H and O–H groups in total. The monoisotopic (exact) mass is 311 g/mol. The number of piperidine rings is 1. The van der Waals surface area contributed by atoms with Crippen LogP contribution in [0.15, 0.2) is 42.6 Å². The standard InChI is InChI=1S/C20H29N3/c1-3-16(15(2)21)9-12-23-13-11-20(19(22)14-23)10-8-17-6-4-5-7-18(17)20/h4-8,10,16,19H,2-3,9,11-14,21-22H2,1H3. The van der Waals surface area contributed by atoms with Gasteiger partial charge in [-0.3, -0.25) is 0 Å². The van der Waals surface area contributed by atoms with E-state index in [1.807, 2.05) is 0 Å². The van der Waals surface area contributed by atoms with Gasteiger partial charge in [0.2, 0.25) is 0 Å². The van der Waals surface area contributed by atoms with Crippen molar-refractivity contribution >= 4 is 6.08 Å². The zero-order valence-electron chi connectivity index (χ0n) is 14.2. The van der Waals surface area contributed by atoms with Gasteiger partial charge in [0.05, 0.1) is 0 Å². The Morgan fingerprint density at radius 1 is 1.43 bits per heavy atom. The van der Waals surface area contributed by atoms with E-state index in [2.05, 4.69) is 54.8 Å². The smallest absolute Gasteiger partial charge is 0.0317 e. The van der Waals surface area contributed by atoms with E-state index < -0.39 is 0 Å². The van der Waals surface area contributed by atoms with Crippen LogP contribution in [0.2, 0.25) is 0 Å². The van der Waals surface area contributed by atoms with Crippen molar-refractivity contribution in [1.29, 1.82) is 0 Å². The van der Waals surface area contributed by atoms with Crippen LogP contribution >= 0.6 is 0 Å². The first-order valence-electron chi connectivity index (χ1n) is 8.78. The molecule has 1 spiro atoms. The summed E-state index contributed by atoms with van der Waals surface area (Å²) in [5.41, 5.74) is 16.1. The molecule has 3 nitrogen and oxygen atoms in total. The number of hydrogen-bond acceptors (Lipinski definition) is 3. The highest BCUT2D eigenvalue weighted by molar-refractivity contribution is 5.66. The topological polar surface area (TPSA) is 55.3 Å². The van der Waals surface area contributed by atoms with Crippen molar-refractivity contribution in [2.24, 2.45) is 17.4 Å². The van der Waals surface area contributed by atoms with Gasteiger partial charge in [0.15, 0.2) is 0 Å². The zero-order chi connectivity index (χ0) is 16.4. The van der Waals surface area contributed by atoms with Crippen LogP contribution in [-0.4, -0.2) is 30.6 Å². The molecule has 1 saturated heterocycles. The van der Waals surface area contributed by atoms with Gasteiger partial charge >= 0.3 is 0 Å². The third kappa shape index (κ3) is 2.96. The minimum absolute atomic E-state index is 0.0364. The SMILES string of the molecule is C=C(N)C(CC)CCN1CCC2(C=Cc3ccccc32)C(N)C1. The highest BCUT2D eigenvalue weighted by Crippen LogP contribution is 2.43. The average molecular weight is 311 g/mol. The Morgan fingerprint density at radius 2 is 2.22 bits per heavy atom. The minimum atomic E-state index is 0.0364. The number of nitrogens with zero attached hydrogens (tertiary/aromatic N) is 1. The molecule has 0 aromatic heterocycles. The number of rotatable bonds is 5. The number of benzene rings is 1. The molecule has 124 valence electrons. The molecule has 3 unspecified atom stereocenters. The molecule has 1 aliphatic heterocycles. The van der Waals surface area contributed by atoms with Gasteiger partial charge in [-0.1, -0.05) is 49.9 Å². The van der Waals surface area contributed by atoms with Crippen molar-refractivity contribution in [3.8, 4) is 0 Å². The van der Waals surface area contributed by atoms with Crippen LogP contribution in [0.1, 0.15) is 37.3 Å². The summed E-state index contributed by atoms with van der Waals surface area (Å²) in [5.74, 6) is 0.425. The molecule has 2 aliphatic rings. The highest BCUT2D eigenvalue weighted by Gasteiger charge is 2.43. The van der Waals surface area contributed by atoms with E-state index >= 15 is 0 Å². The lowest BCUT2D eigenvalue weighted by atomic mass is 9.71. The Labute approximate surface area is 140 Å². The Hall–Kier alpha value is -1.58. The highest BCUT2D eigenvalue weighted by atomic mass is 15.2. The summed E-state index contributed by atoms with van der Waals surface area (Å²) in [6.07, 6.45) is 7.84. The summed E-state index contributed by atoms with van der Waals surface area (Å²) in [6.45, 7) is 9.20. The molecule has 3 rings (SSSR count). The summed E-state index contributed by atoms with van der Waals surface area (Å²) >= 11 is 0. The third-order valence-corrected chi connectivity index (χ3v) is 5.79. The fourth-order valence-corrected chi connectivity index (χ4v) is 4.19.